The minimum Gasteiger partial charge on any atom is -0.373 e. The molecule has 144 valence electrons. The molecule has 1 aliphatic rings. The third-order valence-electron chi connectivity index (χ3n) is 4.55. The SMILES string of the molecule is CCNC(=NCC1(C)CCCO1)NCCCCc1ccc([N+](=O)[O-])cc1. The predicted octanol–water partition coefficient (Wildman–Crippen LogP) is 3.04. The Morgan fingerprint density at radius 2 is 2.08 bits per heavy atom. The van der Waals surface area contributed by atoms with Gasteiger partial charge in [0.15, 0.2) is 5.96 Å². The Kier molecular flexibility index (Phi) is 7.84. The summed E-state index contributed by atoms with van der Waals surface area (Å²) in [4.78, 5) is 14.9. The molecular formula is C19H30N4O3. The number of non-ortho nitro benzene ring substituents is 1. The second-order valence-electron chi connectivity index (χ2n) is 6.90. The normalized spacial score (nSPS) is 20.2. The van der Waals surface area contributed by atoms with Gasteiger partial charge in [0.05, 0.1) is 17.1 Å². The van der Waals surface area contributed by atoms with Gasteiger partial charge in [-0.15, -0.1) is 0 Å². The molecule has 2 N–H and O–H groups in total. The standard InChI is InChI=1S/C19H30N4O3/c1-3-20-18(22-15-19(2)12-6-14-26-19)21-13-5-4-7-16-8-10-17(11-9-16)23(24)25/h8-11H,3-7,12-15H2,1-2H3,(H2,20,21,22). The van der Waals surface area contributed by atoms with E-state index in [9.17, 15) is 10.1 Å². The fourth-order valence-electron chi connectivity index (χ4n) is 2.99. The molecule has 7 heteroatoms. The van der Waals surface area contributed by atoms with Crippen LogP contribution < -0.4 is 10.6 Å². The van der Waals surface area contributed by atoms with Crippen LogP contribution in [0.15, 0.2) is 29.3 Å². The van der Waals surface area contributed by atoms with Crippen LogP contribution in [0.3, 0.4) is 0 Å². The van der Waals surface area contributed by atoms with Gasteiger partial charge >= 0.3 is 0 Å². The lowest BCUT2D eigenvalue weighted by Crippen LogP contribution is -2.39. The number of unbranched alkanes of at least 4 members (excludes halogenated alkanes) is 1. The first-order valence-corrected chi connectivity index (χ1v) is 9.42. The van der Waals surface area contributed by atoms with Crippen molar-refractivity contribution < 1.29 is 9.66 Å². The number of aryl methyl sites for hydroxylation is 1. The second-order valence-corrected chi connectivity index (χ2v) is 6.90. The number of ether oxygens (including phenoxy) is 1. The molecule has 0 saturated carbocycles. The highest BCUT2D eigenvalue weighted by Gasteiger charge is 2.29. The van der Waals surface area contributed by atoms with E-state index in [0.717, 1.165) is 63.3 Å². The maximum absolute atomic E-state index is 10.7. The highest BCUT2D eigenvalue weighted by Crippen LogP contribution is 2.25. The molecule has 1 saturated heterocycles. The molecule has 1 atom stereocenters. The summed E-state index contributed by atoms with van der Waals surface area (Å²) >= 11 is 0. The first-order chi connectivity index (χ1) is 12.5. The highest BCUT2D eigenvalue weighted by atomic mass is 16.6. The number of nitrogens with zero attached hydrogens (tertiary/aromatic N) is 2. The number of rotatable bonds is 9. The molecule has 7 nitrogen and oxygen atoms in total. The number of nitro groups is 1. The van der Waals surface area contributed by atoms with Gasteiger partial charge in [-0.1, -0.05) is 12.1 Å². The summed E-state index contributed by atoms with van der Waals surface area (Å²) in [5.41, 5.74) is 1.14. The van der Waals surface area contributed by atoms with Crippen LogP contribution in [0.25, 0.3) is 0 Å². The van der Waals surface area contributed by atoms with E-state index in [1.54, 1.807) is 12.1 Å². The van der Waals surface area contributed by atoms with Gasteiger partial charge < -0.3 is 15.4 Å². The molecule has 26 heavy (non-hydrogen) atoms. The average molecular weight is 362 g/mol. The Balaban J connectivity index is 1.69. The summed E-state index contributed by atoms with van der Waals surface area (Å²) in [5, 5.41) is 17.3. The number of nitro benzene ring substituents is 1. The molecule has 0 spiro atoms. The Bertz CT molecular complexity index is 595. The third kappa shape index (κ3) is 6.63. The van der Waals surface area contributed by atoms with Crippen LogP contribution in [0.4, 0.5) is 5.69 Å². The molecule has 1 unspecified atom stereocenters. The van der Waals surface area contributed by atoms with E-state index >= 15 is 0 Å². The summed E-state index contributed by atoms with van der Waals surface area (Å²) in [6.07, 6.45) is 5.11. The van der Waals surface area contributed by atoms with Gasteiger partial charge in [0, 0.05) is 31.8 Å². The van der Waals surface area contributed by atoms with Crippen LogP contribution in [0.5, 0.6) is 0 Å². The fourth-order valence-corrected chi connectivity index (χ4v) is 2.99. The molecule has 1 aromatic carbocycles. The predicted molar refractivity (Wildman–Crippen MR) is 104 cm³/mol. The summed E-state index contributed by atoms with van der Waals surface area (Å²) in [6.45, 7) is 7.35. The molecule has 1 aromatic rings. The Labute approximate surface area is 155 Å². The number of benzene rings is 1. The number of guanidine groups is 1. The van der Waals surface area contributed by atoms with Crippen LogP contribution in [-0.4, -0.2) is 42.7 Å². The van der Waals surface area contributed by atoms with E-state index in [-0.39, 0.29) is 16.2 Å². The number of aliphatic imine (C=N–C) groups is 1. The summed E-state index contributed by atoms with van der Waals surface area (Å²) in [7, 11) is 0. The lowest BCUT2D eigenvalue weighted by Gasteiger charge is -2.21. The number of hydrogen-bond acceptors (Lipinski definition) is 4. The number of hydrogen-bond donors (Lipinski definition) is 2. The van der Waals surface area contributed by atoms with E-state index in [1.165, 1.54) is 0 Å². The molecule has 0 bridgehead atoms. The average Bonchev–Trinajstić information content (AvgIpc) is 3.06. The lowest BCUT2D eigenvalue weighted by atomic mass is 10.0. The Hall–Kier alpha value is -2.15. The zero-order valence-corrected chi connectivity index (χ0v) is 15.8. The lowest BCUT2D eigenvalue weighted by molar-refractivity contribution is -0.384. The largest absolute Gasteiger partial charge is 0.373 e. The monoisotopic (exact) mass is 362 g/mol. The van der Waals surface area contributed by atoms with Gasteiger partial charge in [0.2, 0.25) is 0 Å². The van der Waals surface area contributed by atoms with Crippen LogP contribution in [0.2, 0.25) is 0 Å². The summed E-state index contributed by atoms with van der Waals surface area (Å²) < 4.78 is 5.78. The molecule has 2 rings (SSSR count). The van der Waals surface area contributed by atoms with Crippen molar-refractivity contribution in [3.8, 4) is 0 Å². The van der Waals surface area contributed by atoms with Gasteiger partial charge in [-0.25, -0.2) is 0 Å². The molecule has 1 fully saturated rings. The maximum Gasteiger partial charge on any atom is 0.269 e. The minimum absolute atomic E-state index is 0.127. The van der Waals surface area contributed by atoms with E-state index in [4.69, 9.17) is 4.74 Å². The zero-order chi connectivity index (χ0) is 18.8. The maximum atomic E-state index is 10.7. The summed E-state index contributed by atoms with van der Waals surface area (Å²) in [6, 6.07) is 6.79. The smallest absolute Gasteiger partial charge is 0.269 e. The van der Waals surface area contributed by atoms with Gasteiger partial charge in [-0.2, -0.15) is 0 Å². The van der Waals surface area contributed by atoms with Crippen LogP contribution in [0, 0.1) is 10.1 Å². The topological polar surface area (TPSA) is 88.8 Å². The van der Waals surface area contributed by atoms with Crippen LogP contribution in [0.1, 0.15) is 45.1 Å². The van der Waals surface area contributed by atoms with Crippen LogP contribution in [-0.2, 0) is 11.2 Å². The van der Waals surface area contributed by atoms with E-state index in [2.05, 4.69) is 29.5 Å². The van der Waals surface area contributed by atoms with E-state index in [0.29, 0.717) is 6.54 Å². The van der Waals surface area contributed by atoms with Crippen molar-refractivity contribution in [1.29, 1.82) is 0 Å². The summed E-state index contributed by atoms with van der Waals surface area (Å²) in [5.74, 6) is 0.833. The number of nitrogens with one attached hydrogen (secondary N) is 2. The van der Waals surface area contributed by atoms with Gasteiger partial charge in [-0.3, -0.25) is 15.1 Å². The second kappa shape index (κ2) is 10.1. The Morgan fingerprint density at radius 3 is 2.69 bits per heavy atom. The van der Waals surface area contributed by atoms with E-state index in [1.807, 2.05) is 12.1 Å². The molecule has 0 aliphatic carbocycles. The fraction of sp³-hybridized carbons (Fsp3) is 0.632. The minimum atomic E-state index is -0.369. The van der Waals surface area contributed by atoms with Crippen LogP contribution >= 0.6 is 0 Å². The molecule has 0 aromatic heterocycles. The molecule has 0 amide bonds. The molecule has 1 heterocycles. The van der Waals surface area contributed by atoms with Gasteiger partial charge in [-0.05, 0) is 51.5 Å². The molecular weight excluding hydrogens is 332 g/mol. The van der Waals surface area contributed by atoms with Crippen molar-refractivity contribution in [2.75, 3.05) is 26.2 Å². The van der Waals surface area contributed by atoms with Crippen molar-refractivity contribution >= 4 is 11.6 Å². The first kappa shape index (κ1) is 20.2. The quantitative estimate of drug-likeness (QED) is 0.232. The molecule has 0 radical (unpaired) electrons. The van der Waals surface area contributed by atoms with Crippen molar-refractivity contribution in [3.05, 3.63) is 39.9 Å². The van der Waals surface area contributed by atoms with Gasteiger partial charge in [0.25, 0.3) is 5.69 Å². The van der Waals surface area contributed by atoms with Crippen molar-refractivity contribution in [1.82, 2.24) is 10.6 Å². The Morgan fingerprint density at radius 1 is 1.31 bits per heavy atom. The first-order valence-electron chi connectivity index (χ1n) is 9.42. The zero-order valence-electron chi connectivity index (χ0n) is 15.8. The van der Waals surface area contributed by atoms with Crippen molar-refractivity contribution in [2.24, 2.45) is 4.99 Å². The van der Waals surface area contributed by atoms with Crippen molar-refractivity contribution in [3.63, 3.8) is 0 Å². The van der Waals surface area contributed by atoms with Gasteiger partial charge in [0.1, 0.15) is 0 Å². The van der Waals surface area contributed by atoms with Crippen molar-refractivity contribution in [2.45, 2.75) is 51.6 Å². The third-order valence-corrected chi connectivity index (χ3v) is 4.55. The van der Waals surface area contributed by atoms with E-state index < -0.39 is 0 Å². The highest BCUT2D eigenvalue weighted by molar-refractivity contribution is 5.79. The molecule has 1 aliphatic heterocycles.